The van der Waals surface area contributed by atoms with E-state index < -0.39 is 5.60 Å². The van der Waals surface area contributed by atoms with Crippen LogP contribution in [0.3, 0.4) is 0 Å². The van der Waals surface area contributed by atoms with Crippen molar-refractivity contribution in [3.63, 3.8) is 0 Å². The smallest absolute Gasteiger partial charge is 0.137 e. The van der Waals surface area contributed by atoms with E-state index in [1.165, 1.54) is 6.07 Å². The van der Waals surface area contributed by atoms with Crippen molar-refractivity contribution in [3.8, 4) is 0 Å². The highest BCUT2D eigenvalue weighted by Gasteiger charge is 2.29. The Hall–Kier alpha value is -0.450. The van der Waals surface area contributed by atoms with Gasteiger partial charge < -0.3 is 10.4 Å². The summed E-state index contributed by atoms with van der Waals surface area (Å²) in [5.41, 5.74) is 0.116. The number of β-amino-alcohol motifs (C(OH)–C–C–N with tert-alkyl or cyclic N) is 1. The topological polar surface area (TPSA) is 32.3 Å². The summed E-state index contributed by atoms with van der Waals surface area (Å²) in [6.45, 7) is 1.54. The van der Waals surface area contributed by atoms with Crippen LogP contribution in [0.1, 0.15) is 18.4 Å². The van der Waals surface area contributed by atoms with Crippen molar-refractivity contribution in [2.75, 3.05) is 13.1 Å². The minimum absolute atomic E-state index is 0.273. The molecule has 4 heteroatoms. The predicted molar refractivity (Wildman–Crippen MR) is 64.9 cm³/mol. The predicted octanol–water partition coefficient (Wildman–Crippen LogP) is 2.25. The lowest BCUT2D eigenvalue weighted by atomic mass is 9.87. The van der Waals surface area contributed by atoms with Gasteiger partial charge in [-0.1, -0.05) is 6.07 Å². The van der Waals surface area contributed by atoms with E-state index in [1.807, 2.05) is 6.07 Å². The number of rotatable bonds is 2. The summed E-state index contributed by atoms with van der Waals surface area (Å²) >= 11 is 3.12. The molecule has 1 fully saturated rings. The molecule has 2 rings (SSSR count). The molecule has 88 valence electrons. The van der Waals surface area contributed by atoms with Crippen LogP contribution in [0.15, 0.2) is 22.7 Å². The second-order valence-electron chi connectivity index (χ2n) is 4.43. The Labute approximate surface area is 103 Å². The van der Waals surface area contributed by atoms with Gasteiger partial charge in [0, 0.05) is 13.0 Å². The molecule has 2 nitrogen and oxygen atoms in total. The molecule has 2 N–H and O–H groups in total. The van der Waals surface area contributed by atoms with Crippen molar-refractivity contribution in [2.24, 2.45) is 0 Å². The van der Waals surface area contributed by atoms with Crippen LogP contribution in [0.2, 0.25) is 0 Å². The standard InChI is InChI=1S/C12H15BrFNO/c13-10-3-2-9(6-11(10)14)7-12(16)4-1-5-15-8-12/h2-3,6,15-16H,1,4-5,7-8H2. The van der Waals surface area contributed by atoms with E-state index in [4.69, 9.17) is 0 Å². The van der Waals surface area contributed by atoms with Gasteiger partial charge >= 0.3 is 0 Å². The minimum Gasteiger partial charge on any atom is -0.388 e. The average molecular weight is 288 g/mol. The molecule has 0 bridgehead atoms. The third kappa shape index (κ3) is 2.81. The number of piperidine rings is 1. The minimum atomic E-state index is -0.724. The van der Waals surface area contributed by atoms with E-state index in [2.05, 4.69) is 21.2 Å². The monoisotopic (exact) mass is 287 g/mol. The van der Waals surface area contributed by atoms with Crippen molar-refractivity contribution >= 4 is 15.9 Å². The zero-order valence-electron chi connectivity index (χ0n) is 8.97. The molecule has 0 radical (unpaired) electrons. The Kier molecular flexibility index (Phi) is 3.62. The first-order valence-corrected chi connectivity index (χ1v) is 6.25. The molecular formula is C12H15BrFNO. The van der Waals surface area contributed by atoms with Crippen molar-refractivity contribution in [3.05, 3.63) is 34.1 Å². The molecule has 0 spiro atoms. The van der Waals surface area contributed by atoms with Crippen molar-refractivity contribution in [1.82, 2.24) is 5.32 Å². The maximum atomic E-state index is 13.3. The summed E-state index contributed by atoms with van der Waals surface area (Å²) in [5, 5.41) is 13.5. The zero-order valence-corrected chi connectivity index (χ0v) is 10.6. The number of aliphatic hydroxyl groups is 1. The van der Waals surface area contributed by atoms with Gasteiger partial charge in [0.25, 0.3) is 0 Å². The second kappa shape index (κ2) is 4.82. The molecular weight excluding hydrogens is 273 g/mol. The lowest BCUT2D eigenvalue weighted by Gasteiger charge is -2.32. The summed E-state index contributed by atoms with van der Waals surface area (Å²) < 4.78 is 13.8. The van der Waals surface area contributed by atoms with Gasteiger partial charge in [-0.3, -0.25) is 0 Å². The highest BCUT2D eigenvalue weighted by atomic mass is 79.9. The molecule has 0 aromatic heterocycles. The Morgan fingerprint density at radius 1 is 1.50 bits per heavy atom. The molecule has 1 heterocycles. The van der Waals surface area contributed by atoms with E-state index in [1.54, 1.807) is 6.07 Å². The van der Waals surface area contributed by atoms with E-state index in [-0.39, 0.29) is 5.82 Å². The van der Waals surface area contributed by atoms with Gasteiger partial charge in [0.15, 0.2) is 0 Å². The first-order valence-electron chi connectivity index (χ1n) is 5.46. The number of hydrogen-bond acceptors (Lipinski definition) is 2. The van der Waals surface area contributed by atoms with Crippen molar-refractivity contribution in [1.29, 1.82) is 0 Å². The van der Waals surface area contributed by atoms with Crippen molar-refractivity contribution < 1.29 is 9.50 Å². The van der Waals surface area contributed by atoms with Gasteiger partial charge in [0.05, 0.1) is 10.1 Å². The third-order valence-electron chi connectivity index (χ3n) is 2.97. The first kappa shape index (κ1) is 12.0. The lowest BCUT2D eigenvalue weighted by molar-refractivity contribution is 0.0169. The van der Waals surface area contributed by atoms with Crippen LogP contribution >= 0.6 is 15.9 Å². The Morgan fingerprint density at radius 2 is 2.31 bits per heavy atom. The summed E-state index contributed by atoms with van der Waals surface area (Å²) in [6.07, 6.45) is 2.25. The van der Waals surface area contributed by atoms with Gasteiger partial charge in [0.2, 0.25) is 0 Å². The molecule has 1 unspecified atom stereocenters. The molecule has 16 heavy (non-hydrogen) atoms. The molecule has 1 saturated heterocycles. The van der Waals surface area contributed by atoms with Crippen LogP contribution in [0.25, 0.3) is 0 Å². The van der Waals surface area contributed by atoms with Crippen LogP contribution in [0, 0.1) is 5.82 Å². The highest BCUT2D eigenvalue weighted by Crippen LogP contribution is 2.23. The summed E-state index contributed by atoms with van der Waals surface area (Å²) in [7, 11) is 0. The average Bonchev–Trinajstić information content (AvgIpc) is 2.24. The molecule has 1 aliphatic heterocycles. The molecule has 0 aliphatic carbocycles. The van der Waals surface area contributed by atoms with Gasteiger partial charge in [-0.25, -0.2) is 4.39 Å². The Bertz CT molecular complexity index is 377. The number of benzene rings is 1. The Morgan fingerprint density at radius 3 is 2.94 bits per heavy atom. The summed E-state index contributed by atoms with van der Waals surface area (Å²) in [5.74, 6) is -0.273. The Balaban J connectivity index is 2.10. The van der Waals surface area contributed by atoms with Crippen LogP contribution in [0.4, 0.5) is 4.39 Å². The fourth-order valence-electron chi connectivity index (χ4n) is 2.13. The highest BCUT2D eigenvalue weighted by molar-refractivity contribution is 9.10. The fourth-order valence-corrected chi connectivity index (χ4v) is 2.38. The molecule has 0 amide bonds. The normalized spacial score (nSPS) is 25.7. The van der Waals surface area contributed by atoms with Crippen LogP contribution in [-0.2, 0) is 6.42 Å². The van der Waals surface area contributed by atoms with Crippen LogP contribution in [-0.4, -0.2) is 23.8 Å². The maximum absolute atomic E-state index is 13.3. The molecule has 0 saturated carbocycles. The molecule has 1 aliphatic rings. The van der Waals surface area contributed by atoms with Gasteiger partial charge in [-0.15, -0.1) is 0 Å². The SMILES string of the molecule is OC1(Cc2ccc(Br)c(F)c2)CCCNC1. The largest absolute Gasteiger partial charge is 0.388 e. The second-order valence-corrected chi connectivity index (χ2v) is 5.28. The van der Waals surface area contributed by atoms with E-state index in [0.29, 0.717) is 17.4 Å². The summed E-state index contributed by atoms with van der Waals surface area (Å²) in [6, 6.07) is 5.01. The van der Waals surface area contributed by atoms with Crippen LogP contribution in [0.5, 0.6) is 0 Å². The number of nitrogens with one attached hydrogen (secondary N) is 1. The van der Waals surface area contributed by atoms with Gasteiger partial charge in [0.1, 0.15) is 5.82 Å². The van der Waals surface area contributed by atoms with Gasteiger partial charge in [-0.2, -0.15) is 0 Å². The maximum Gasteiger partial charge on any atom is 0.137 e. The van der Waals surface area contributed by atoms with E-state index >= 15 is 0 Å². The third-order valence-corrected chi connectivity index (χ3v) is 3.61. The van der Waals surface area contributed by atoms with Crippen LogP contribution < -0.4 is 5.32 Å². The lowest BCUT2D eigenvalue weighted by Crippen LogP contribution is -2.47. The first-order chi connectivity index (χ1) is 7.59. The van der Waals surface area contributed by atoms with E-state index in [9.17, 15) is 9.50 Å². The quantitative estimate of drug-likeness (QED) is 0.875. The zero-order chi connectivity index (χ0) is 11.6. The fraction of sp³-hybridized carbons (Fsp3) is 0.500. The number of hydrogen-bond donors (Lipinski definition) is 2. The van der Waals surface area contributed by atoms with Crippen molar-refractivity contribution in [2.45, 2.75) is 24.9 Å². The molecule has 1 atom stereocenters. The summed E-state index contributed by atoms with van der Waals surface area (Å²) in [4.78, 5) is 0. The van der Waals surface area contributed by atoms with Gasteiger partial charge in [-0.05, 0) is 53.0 Å². The van der Waals surface area contributed by atoms with E-state index in [0.717, 1.165) is 24.9 Å². The molecule has 1 aromatic rings. The molecule has 1 aromatic carbocycles. The number of halogens is 2.